The molecule has 3 aromatic rings. The largest absolute Gasteiger partial charge is 0.493 e. The number of hydrogen-bond donors (Lipinski definition) is 1. The summed E-state index contributed by atoms with van der Waals surface area (Å²) in [6, 6.07) is 14.7. The molecule has 0 aliphatic rings. The second-order valence-electron chi connectivity index (χ2n) is 5.64. The summed E-state index contributed by atoms with van der Waals surface area (Å²) in [6.45, 7) is 1.86. The Kier molecular flexibility index (Phi) is 5.12. The molecule has 0 atom stereocenters. The van der Waals surface area contributed by atoms with E-state index in [1.807, 2.05) is 37.3 Å². The fourth-order valence-corrected chi connectivity index (χ4v) is 2.65. The molecule has 0 radical (unpaired) electrons. The van der Waals surface area contributed by atoms with E-state index in [4.69, 9.17) is 9.47 Å². The van der Waals surface area contributed by atoms with Crippen molar-refractivity contribution in [3.8, 4) is 11.5 Å². The molecule has 6 heteroatoms. The minimum atomic E-state index is -0.288. The molecule has 0 spiro atoms. The lowest BCUT2D eigenvalue weighted by atomic mass is 10.1. The Morgan fingerprint density at radius 1 is 1.08 bits per heavy atom. The van der Waals surface area contributed by atoms with Crippen LogP contribution in [0.1, 0.15) is 21.6 Å². The molecule has 0 aliphatic carbocycles. The van der Waals surface area contributed by atoms with Crippen LogP contribution >= 0.6 is 0 Å². The fraction of sp³-hybridized carbons (Fsp3) is 0.150. The first-order valence-corrected chi connectivity index (χ1v) is 8.04. The standard InChI is InChI=1S/C20H19N3O3/c1-13-10-16(15-6-4-5-7-17(15)22-13)20(24)23-21-12-14-8-9-18(25-2)19(11-14)26-3/h4-12H,1-3H3,(H,23,24)/b21-12-. The zero-order valence-electron chi connectivity index (χ0n) is 14.8. The van der Waals surface area contributed by atoms with Crippen molar-refractivity contribution in [3.05, 3.63) is 65.4 Å². The highest BCUT2D eigenvalue weighted by Gasteiger charge is 2.11. The highest BCUT2D eigenvalue weighted by atomic mass is 16.5. The van der Waals surface area contributed by atoms with Crippen molar-refractivity contribution < 1.29 is 14.3 Å². The normalized spacial score (nSPS) is 10.9. The number of methoxy groups -OCH3 is 2. The van der Waals surface area contributed by atoms with Crippen molar-refractivity contribution in [2.45, 2.75) is 6.92 Å². The van der Waals surface area contributed by atoms with E-state index in [-0.39, 0.29) is 5.91 Å². The van der Waals surface area contributed by atoms with E-state index in [9.17, 15) is 4.79 Å². The van der Waals surface area contributed by atoms with Crippen LogP contribution in [0.4, 0.5) is 0 Å². The first-order chi connectivity index (χ1) is 12.6. The lowest BCUT2D eigenvalue weighted by molar-refractivity contribution is 0.0956. The van der Waals surface area contributed by atoms with Gasteiger partial charge in [-0.15, -0.1) is 0 Å². The molecule has 1 aromatic heterocycles. The Morgan fingerprint density at radius 3 is 2.62 bits per heavy atom. The number of aromatic nitrogens is 1. The third kappa shape index (κ3) is 3.64. The van der Waals surface area contributed by atoms with Gasteiger partial charge in [-0.1, -0.05) is 18.2 Å². The average molecular weight is 349 g/mol. The Balaban J connectivity index is 1.80. The van der Waals surface area contributed by atoms with Crippen molar-refractivity contribution in [3.63, 3.8) is 0 Å². The Morgan fingerprint density at radius 2 is 1.85 bits per heavy atom. The molecule has 0 unspecified atom stereocenters. The maximum atomic E-state index is 12.5. The summed E-state index contributed by atoms with van der Waals surface area (Å²) in [7, 11) is 3.14. The van der Waals surface area contributed by atoms with Gasteiger partial charge in [0, 0.05) is 11.1 Å². The predicted octanol–water partition coefficient (Wildman–Crippen LogP) is 3.32. The quantitative estimate of drug-likeness (QED) is 0.566. The number of ether oxygens (including phenoxy) is 2. The number of aryl methyl sites for hydroxylation is 1. The summed E-state index contributed by atoms with van der Waals surface area (Å²) < 4.78 is 10.5. The zero-order chi connectivity index (χ0) is 18.5. The average Bonchev–Trinajstić information content (AvgIpc) is 2.67. The lowest BCUT2D eigenvalue weighted by Crippen LogP contribution is -2.18. The number of amides is 1. The van der Waals surface area contributed by atoms with E-state index in [2.05, 4.69) is 15.5 Å². The Bertz CT molecular complexity index is 983. The molecular formula is C20H19N3O3. The van der Waals surface area contributed by atoms with Gasteiger partial charge in [-0.05, 0) is 42.8 Å². The number of carbonyl (C=O) groups is 1. The van der Waals surface area contributed by atoms with Gasteiger partial charge in [0.1, 0.15) is 0 Å². The third-order valence-electron chi connectivity index (χ3n) is 3.88. The summed E-state index contributed by atoms with van der Waals surface area (Å²) in [4.78, 5) is 17.0. The van der Waals surface area contributed by atoms with Crippen LogP contribution in [0.15, 0.2) is 53.6 Å². The monoisotopic (exact) mass is 349 g/mol. The van der Waals surface area contributed by atoms with Gasteiger partial charge in [-0.2, -0.15) is 5.10 Å². The van der Waals surface area contributed by atoms with E-state index in [1.54, 1.807) is 38.6 Å². The topological polar surface area (TPSA) is 72.8 Å². The molecule has 3 rings (SSSR count). The number of pyridine rings is 1. The number of fused-ring (bicyclic) bond motifs is 1. The van der Waals surface area contributed by atoms with E-state index in [0.717, 1.165) is 22.2 Å². The highest BCUT2D eigenvalue weighted by molar-refractivity contribution is 6.06. The number of benzene rings is 2. The Labute approximate surface area is 151 Å². The molecule has 1 N–H and O–H groups in total. The zero-order valence-corrected chi connectivity index (χ0v) is 14.8. The molecule has 26 heavy (non-hydrogen) atoms. The third-order valence-corrected chi connectivity index (χ3v) is 3.88. The van der Waals surface area contributed by atoms with Crippen molar-refractivity contribution in [1.82, 2.24) is 10.4 Å². The van der Waals surface area contributed by atoms with E-state index in [0.29, 0.717) is 17.1 Å². The molecule has 0 saturated carbocycles. The molecule has 0 aliphatic heterocycles. The first kappa shape index (κ1) is 17.4. The van der Waals surface area contributed by atoms with Gasteiger partial charge < -0.3 is 9.47 Å². The molecule has 132 valence electrons. The summed E-state index contributed by atoms with van der Waals surface area (Å²) in [5.41, 5.74) is 5.43. The van der Waals surface area contributed by atoms with E-state index in [1.165, 1.54) is 0 Å². The van der Waals surface area contributed by atoms with Crippen molar-refractivity contribution >= 4 is 23.0 Å². The molecule has 1 amide bonds. The predicted molar refractivity (Wildman–Crippen MR) is 101 cm³/mol. The van der Waals surface area contributed by atoms with Crippen LogP contribution in [0.25, 0.3) is 10.9 Å². The molecule has 2 aromatic carbocycles. The van der Waals surface area contributed by atoms with Crippen LogP contribution in [-0.4, -0.2) is 31.3 Å². The smallest absolute Gasteiger partial charge is 0.272 e. The minimum absolute atomic E-state index is 0.288. The number of para-hydroxylation sites is 1. The van der Waals surface area contributed by atoms with Gasteiger partial charge in [0.15, 0.2) is 11.5 Å². The second kappa shape index (κ2) is 7.65. The van der Waals surface area contributed by atoms with Crippen LogP contribution in [-0.2, 0) is 0 Å². The second-order valence-corrected chi connectivity index (χ2v) is 5.64. The number of nitrogens with one attached hydrogen (secondary N) is 1. The lowest BCUT2D eigenvalue weighted by Gasteiger charge is -2.08. The van der Waals surface area contributed by atoms with Crippen LogP contribution in [0, 0.1) is 6.92 Å². The first-order valence-electron chi connectivity index (χ1n) is 8.04. The van der Waals surface area contributed by atoms with Gasteiger partial charge >= 0.3 is 0 Å². The minimum Gasteiger partial charge on any atom is -0.493 e. The van der Waals surface area contributed by atoms with E-state index < -0.39 is 0 Å². The molecule has 6 nitrogen and oxygen atoms in total. The SMILES string of the molecule is COc1ccc(/C=N\NC(=O)c2cc(C)nc3ccccc23)cc1OC. The van der Waals surface area contributed by atoms with Crippen LogP contribution in [0.3, 0.4) is 0 Å². The van der Waals surface area contributed by atoms with Gasteiger partial charge in [-0.3, -0.25) is 9.78 Å². The van der Waals surface area contributed by atoms with Crippen molar-refractivity contribution in [1.29, 1.82) is 0 Å². The molecule has 1 heterocycles. The maximum absolute atomic E-state index is 12.5. The molecule has 0 saturated heterocycles. The van der Waals surface area contributed by atoms with Gasteiger partial charge in [0.25, 0.3) is 5.91 Å². The number of hydrogen-bond acceptors (Lipinski definition) is 5. The highest BCUT2D eigenvalue weighted by Crippen LogP contribution is 2.26. The van der Waals surface area contributed by atoms with Gasteiger partial charge in [-0.25, -0.2) is 5.43 Å². The molecule has 0 fully saturated rings. The summed E-state index contributed by atoms with van der Waals surface area (Å²) in [5.74, 6) is 0.939. The number of carbonyl (C=O) groups excluding carboxylic acids is 1. The summed E-state index contributed by atoms with van der Waals surface area (Å²) in [6.07, 6.45) is 1.55. The van der Waals surface area contributed by atoms with Gasteiger partial charge in [0.2, 0.25) is 0 Å². The van der Waals surface area contributed by atoms with Crippen LogP contribution in [0.5, 0.6) is 11.5 Å². The van der Waals surface area contributed by atoms with Gasteiger partial charge in [0.05, 0.1) is 31.5 Å². The molecule has 0 bridgehead atoms. The van der Waals surface area contributed by atoms with Crippen molar-refractivity contribution in [2.24, 2.45) is 5.10 Å². The van der Waals surface area contributed by atoms with Crippen molar-refractivity contribution in [2.75, 3.05) is 14.2 Å². The van der Waals surface area contributed by atoms with Crippen LogP contribution in [0.2, 0.25) is 0 Å². The number of nitrogens with zero attached hydrogens (tertiary/aromatic N) is 2. The number of hydrazone groups is 1. The summed E-state index contributed by atoms with van der Waals surface area (Å²) >= 11 is 0. The fourth-order valence-electron chi connectivity index (χ4n) is 2.65. The number of rotatable bonds is 5. The Hall–Kier alpha value is -3.41. The van der Waals surface area contributed by atoms with Crippen LogP contribution < -0.4 is 14.9 Å². The molecular weight excluding hydrogens is 330 g/mol. The van der Waals surface area contributed by atoms with E-state index >= 15 is 0 Å². The maximum Gasteiger partial charge on any atom is 0.272 e. The summed E-state index contributed by atoms with van der Waals surface area (Å²) in [5, 5.41) is 4.83.